The summed E-state index contributed by atoms with van der Waals surface area (Å²) in [7, 11) is 0. The molecule has 0 aromatic rings. The maximum atomic E-state index is 10.2. The molecule has 0 saturated heterocycles. The summed E-state index contributed by atoms with van der Waals surface area (Å²) >= 11 is 0. The molecule has 1 radical (unpaired) electrons. The summed E-state index contributed by atoms with van der Waals surface area (Å²) in [5.74, 6) is 0.139. The second-order valence-electron chi connectivity index (χ2n) is 1.70. The molecule has 3 heteroatoms. The maximum Gasteiger partial charge on any atom is 0.129 e. The second kappa shape index (κ2) is 8.44. The van der Waals surface area contributed by atoms with Gasteiger partial charge in [-0.15, -0.1) is 0 Å². The van der Waals surface area contributed by atoms with E-state index in [0.717, 1.165) is 0 Å². The van der Waals surface area contributed by atoms with E-state index in [4.69, 9.17) is 0 Å². The smallest absolute Gasteiger partial charge is 0.129 e. The summed E-state index contributed by atoms with van der Waals surface area (Å²) < 4.78 is 0. The largest absolute Gasteiger partial charge is 0.542 e. The van der Waals surface area contributed by atoms with Crippen LogP contribution in [0, 0.1) is 0 Å². The van der Waals surface area contributed by atoms with E-state index < -0.39 is 0 Å². The minimum absolute atomic E-state index is 0. The Labute approximate surface area is 80.3 Å². The molecule has 2 nitrogen and oxygen atoms in total. The van der Waals surface area contributed by atoms with Crippen LogP contribution in [0.1, 0.15) is 26.2 Å². The van der Waals surface area contributed by atoms with Crippen LogP contribution in [0.25, 0.3) is 0 Å². The molecular formula is C6H9O2Y-. The number of Topliss-reactive ketones (excluding diaryl/α,β-unsaturated/α-hetero) is 1. The van der Waals surface area contributed by atoms with E-state index in [1.807, 2.05) is 0 Å². The third-order valence-electron chi connectivity index (χ3n) is 0.808. The van der Waals surface area contributed by atoms with Crippen LogP contribution in [0.5, 0.6) is 0 Å². The van der Waals surface area contributed by atoms with Gasteiger partial charge in [0.1, 0.15) is 5.78 Å². The number of rotatable bonds is 4. The SMILES string of the molecule is CC(=O)CCC[C-]=O.[Y]. The molecule has 0 aromatic heterocycles. The fraction of sp³-hybridized carbons (Fsp3) is 0.667. The van der Waals surface area contributed by atoms with Crippen LogP contribution >= 0.6 is 0 Å². The summed E-state index contributed by atoms with van der Waals surface area (Å²) in [6, 6.07) is 0. The monoisotopic (exact) mass is 202 g/mol. The van der Waals surface area contributed by atoms with Gasteiger partial charge < -0.3 is 9.59 Å². The third kappa shape index (κ3) is 11.8. The van der Waals surface area contributed by atoms with Gasteiger partial charge >= 0.3 is 0 Å². The van der Waals surface area contributed by atoms with Crippen molar-refractivity contribution in [3.05, 3.63) is 0 Å². The van der Waals surface area contributed by atoms with E-state index >= 15 is 0 Å². The number of ketones is 1. The summed E-state index contributed by atoms with van der Waals surface area (Å²) in [6.07, 6.45) is 3.27. The number of hydrogen-bond donors (Lipinski definition) is 0. The molecule has 0 aliphatic carbocycles. The Kier molecular flexibility index (Phi) is 11.4. The van der Waals surface area contributed by atoms with Gasteiger partial charge in [-0.05, 0) is 6.92 Å². The summed E-state index contributed by atoms with van der Waals surface area (Å²) in [6.45, 7) is 1.52. The van der Waals surface area contributed by atoms with Gasteiger partial charge in [-0.1, -0.05) is 6.42 Å². The van der Waals surface area contributed by atoms with Crippen LogP contribution in [-0.4, -0.2) is 12.1 Å². The van der Waals surface area contributed by atoms with Gasteiger partial charge in [-0.3, -0.25) is 6.29 Å². The van der Waals surface area contributed by atoms with Gasteiger partial charge in [0.2, 0.25) is 0 Å². The van der Waals surface area contributed by atoms with Crippen molar-refractivity contribution >= 4 is 12.1 Å². The molecule has 0 bridgehead atoms. The van der Waals surface area contributed by atoms with E-state index in [1.54, 1.807) is 6.29 Å². The van der Waals surface area contributed by atoms with Crippen molar-refractivity contribution in [2.24, 2.45) is 0 Å². The van der Waals surface area contributed by atoms with E-state index in [-0.39, 0.29) is 38.5 Å². The second-order valence-corrected chi connectivity index (χ2v) is 1.70. The molecule has 0 aliphatic heterocycles. The number of unbranched alkanes of at least 4 members (excludes halogenated alkanes) is 1. The summed E-state index contributed by atoms with van der Waals surface area (Å²) in [4.78, 5) is 19.7. The van der Waals surface area contributed by atoms with E-state index in [1.165, 1.54) is 6.92 Å². The van der Waals surface area contributed by atoms with Crippen LogP contribution in [0.15, 0.2) is 0 Å². The van der Waals surface area contributed by atoms with E-state index in [9.17, 15) is 9.59 Å². The first-order valence-corrected chi connectivity index (χ1v) is 2.62. The fourth-order valence-electron chi connectivity index (χ4n) is 0.410. The summed E-state index contributed by atoms with van der Waals surface area (Å²) in [5, 5.41) is 0. The quantitative estimate of drug-likeness (QED) is 0.500. The third-order valence-corrected chi connectivity index (χ3v) is 0.808. The molecule has 0 unspecified atom stereocenters. The molecule has 9 heavy (non-hydrogen) atoms. The first-order valence-electron chi connectivity index (χ1n) is 2.62. The van der Waals surface area contributed by atoms with Gasteiger partial charge in [-0.2, -0.15) is 6.42 Å². The van der Waals surface area contributed by atoms with E-state index in [0.29, 0.717) is 19.3 Å². The molecule has 49 valence electrons. The Morgan fingerprint density at radius 1 is 1.56 bits per heavy atom. The Morgan fingerprint density at radius 3 is 2.44 bits per heavy atom. The van der Waals surface area contributed by atoms with Crippen molar-refractivity contribution in [2.45, 2.75) is 26.2 Å². The fourth-order valence-corrected chi connectivity index (χ4v) is 0.410. The van der Waals surface area contributed by atoms with Gasteiger partial charge in [0, 0.05) is 39.1 Å². The Bertz CT molecular complexity index is 91.1. The zero-order valence-electron chi connectivity index (χ0n) is 5.52. The first kappa shape index (κ1) is 12.2. The molecule has 0 rings (SSSR count). The maximum absolute atomic E-state index is 10.2. The normalized spacial score (nSPS) is 7.67. The van der Waals surface area contributed by atoms with Crippen molar-refractivity contribution in [1.29, 1.82) is 0 Å². The molecule has 0 aromatic carbocycles. The molecule has 0 atom stereocenters. The Balaban J connectivity index is 0. The van der Waals surface area contributed by atoms with Crippen molar-refractivity contribution in [1.82, 2.24) is 0 Å². The average molecular weight is 202 g/mol. The predicted molar refractivity (Wildman–Crippen MR) is 30.2 cm³/mol. The van der Waals surface area contributed by atoms with Crippen molar-refractivity contribution < 1.29 is 42.3 Å². The topological polar surface area (TPSA) is 34.1 Å². The molecule has 0 spiro atoms. The zero-order valence-corrected chi connectivity index (χ0v) is 8.35. The Hall–Kier alpha value is 0.444. The molecule has 0 saturated carbocycles. The van der Waals surface area contributed by atoms with Crippen molar-refractivity contribution in [3.8, 4) is 0 Å². The molecule has 0 amide bonds. The molecule has 0 aliphatic rings. The minimum Gasteiger partial charge on any atom is -0.542 e. The summed E-state index contributed by atoms with van der Waals surface area (Å²) in [5.41, 5.74) is 0. The standard InChI is InChI=1S/C6H9O2.Y/c1-6(8)4-2-3-5-7;/h2-4H2,1H3;/q-1;. The average Bonchev–Trinajstić information content (AvgIpc) is 1.66. The molecule has 0 N–H and O–H groups in total. The van der Waals surface area contributed by atoms with Crippen LogP contribution in [-0.2, 0) is 42.3 Å². The van der Waals surface area contributed by atoms with Gasteiger partial charge in [-0.25, -0.2) is 0 Å². The minimum atomic E-state index is 0. The van der Waals surface area contributed by atoms with Gasteiger partial charge in [0.25, 0.3) is 0 Å². The molecule has 0 fully saturated rings. The molecular weight excluding hydrogens is 193 g/mol. The number of hydrogen-bond acceptors (Lipinski definition) is 2. The van der Waals surface area contributed by atoms with Crippen LogP contribution < -0.4 is 0 Å². The van der Waals surface area contributed by atoms with Crippen LogP contribution in [0.4, 0.5) is 0 Å². The first-order chi connectivity index (χ1) is 3.77. The number of carbonyl (C=O) groups excluding carboxylic acids is 2. The van der Waals surface area contributed by atoms with Crippen LogP contribution in [0.2, 0.25) is 0 Å². The van der Waals surface area contributed by atoms with Gasteiger partial charge in [0.15, 0.2) is 0 Å². The van der Waals surface area contributed by atoms with Crippen LogP contribution in [0.3, 0.4) is 0 Å². The predicted octanol–water partition coefficient (Wildman–Crippen LogP) is 0.853. The number of carbonyl (C=O) groups is 1. The van der Waals surface area contributed by atoms with E-state index in [2.05, 4.69) is 0 Å². The zero-order chi connectivity index (χ0) is 6.41. The van der Waals surface area contributed by atoms with Gasteiger partial charge in [0.05, 0.1) is 0 Å². The molecule has 0 heterocycles. The Morgan fingerprint density at radius 2 is 2.11 bits per heavy atom. The van der Waals surface area contributed by atoms with Crippen molar-refractivity contribution in [2.75, 3.05) is 0 Å². The van der Waals surface area contributed by atoms with Crippen molar-refractivity contribution in [3.63, 3.8) is 0 Å².